The Morgan fingerprint density at radius 1 is 1.18 bits per heavy atom. The number of quaternary nitrogens is 1. The van der Waals surface area contributed by atoms with Gasteiger partial charge in [0.15, 0.2) is 0 Å². The molecular weight excluding hydrogens is 290 g/mol. The van der Waals surface area contributed by atoms with Crippen LogP contribution in [0.4, 0.5) is 0 Å². The highest BCUT2D eigenvalue weighted by Crippen LogP contribution is 2.12. The Morgan fingerprint density at radius 2 is 1.82 bits per heavy atom. The predicted molar refractivity (Wildman–Crippen MR) is 77.4 cm³/mol. The number of carboxylic acids is 2. The normalized spacial score (nSPS) is 13.0. The van der Waals surface area contributed by atoms with Crippen LogP contribution in [0.1, 0.15) is 38.5 Å². The van der Waals surface area contributed by atoms with E-state index in [-0.39, 0.29) is 19.3 Å². The lowest BCUT2D eigenvalue weighted by Crippen LogP contribution is -2.48. The Bertz CT molecular complexity index is 411. The van der Waals surface area contributed by atoms with Gasteiger partial charge in [0.05, 0.1) is 21.1 Å². The first-order valence-electron chi connectivity index (χ1n) is 7.23. The number of aliphatic carboxylic acids is 2. The van der Waals surface area contributed by atoms with Crippen molar-refractivity contribution in [1.29, 1.82) is 0 Å². The number of carbonyl (C=O) groups excluding carboxylic acids is 2. The molecule has 126 valence electrons. The van der Waals surface area contributed by atoms with Crippen molar-refractivity contribution >= 4 is 17.9 Å². The first-order chi connectivity index (χ1) is 10.1. The molecule has 0 bridgehead atoms. The highest BCUT2D eigenvalue weighted by atomic mass is 16.6. The van der Waals surface area contributed by atoms with Crippen molar-refractivity contribution in [3.63, 3.8) is 0 Å². The lowest BCUT2D eigenvalue weighted by Gasteiger charge is -2.33. The Balaban J connectivity index is 4.21. The zero-order chi connectivity index (χ0) is 17.2. The van der Waals surface area contributed by atoms with Gasteiger partial charge in [-0.25, -0.2) is 4.79 Å². The zero-order valence-electron chi connectivity index (χ0n) is 13.4. The topological polar surface area (TPSA) is 104 Å². The highest BCUT2D eigenvalue weighted by molar-refractivity contribution is 5.81. The molecule has 0 aliphatic heterocycles. The summed E-state index contributed by atoms with van der Waals surface area (Å²) in [5.41, 5.74) is 0. The second kappa shape index (κ2) is 9.94. The molecule has 0 rings (SSSR count). The average Bonchev–Trinajstić information content (AvgIpc) is 2.36. The summed E-state index contributed by atoms with van der Waals surface area (Å²) in [7, 11) is 5.43. The minimum atomic E-state index is -1.18. The van der Waals surface area contributed by atoms with E-state index in [4.69, 9.17) is 9.84 Å². The van der Waals surface area contributed by atoms with Gasteiger partial charge in [0.25, 0.3) is 0 Å². The maximum absolute atomic E-state index is 11.7. The molecule has 0 aliphatic rings. The molecule has 0 aromatic rings. The molecule has 0 fully saturated rings. The maximum atomic E-state index is 11.7. The second-order valence-corrected chi connectivity index (χ2v) is 5.96. The van der Waals surface area contributed by atoms with Crippen molar-refractivity contribution in [1.82, 2.24) is 0 Å². The lowest BCUT2D eigenvalue weighted by molar-refractivity contribution is -0.917. The predicted octanol–water partition coefficient (Wildman–Crippen LogP) is 0.293. The summed E-state index contributed by atoms with van der Waals surface area (Å²) < 4.78 is 5.57. The molecule has 0 aromatic heterocycles. The smallest absolute Gasteiger partial charge is 0.334 e. The Labute approximate surface area is 130 Å². The van der Waals surface area contributed by atoms with Crippen molar-refractivity contribution < 1.29 is 33.8 Å². The van der Waals surface area contributed by atoms with E-state index < -0.39 is 24.1 Å². The van der Waals surface area contributed by atoms with Crippen LogP contribution >= 0.6 is 0 Å². The van der Waals surface area contributed by atoms with Gasteiger partial charge < -0.3 is 19.7 Å². The van der Waals surface area contributed by atoms with Crippen LogP contribution in [0.5, 0.6) is 0 Å². The molecule has 0 radical (unpaired) electrons. The van der Waals surface area contributed by atoms with Crippen LogP contribution < -0.4 is 5.11 Å². The summed E-state index contributed by atoms with van der Waals surface area (Å²) >= 11 is 0. The Morgan fingerprint density at radius 3 is 2.32 bits per heavy atom. The molecule has 1 atom stereocenters. The van der Waals surface area contributed by atoms with Gasteiger partial charge in [0, 0.05) is 24.9 Å². The van der Waals surface area contributed by atoms with E-state index in [1.807, 2.05) is 21.1 Å². The van der Waals surface area contributed by atoms with Gasteiger partial charge in [-0.05, 0) is 25.7 Å². The van der Waals surface area contributed by atoms with Crippen LogP contribution in [-0.4, -0.2) is 54.9 Å². The molecule has 1 unspecified atom stereocenters. The first-order valence-corrected chi connectivity index (χ1v) is 7.23. The quantitative estimate of drug-likeness (QED) is 0.193. The largest absolute Gasteiger partial charge is 0.550 e. The van der Waals surface area contributed by atoms with Gasteiger partial charge in [-0.15, -0.1) is 0 Å². The fourth-order valence-electron chi connectivity index (χ4n) is 1.74. The number of rotatable bonds is 11. The number of ether oxygens (including phenoxy) is 1. The van der Waals surface area contributed by atoms with Crippen molar-refractivity contribution in [3.8, 4) is 0 Å². The van der Waals surface area contributed by atoms with E-state index in [9.17, 15) is 19.5 Å². The molecular formula is C15H25NO6. The van der Waals surface area contributed by atoms with Gasteiger partial charge in [-0.1, -0.05) is 6.08 Å². The number of esters is 1. The number of nitrogens with zero attached hydrogens (tertiary/aromatic N) is 1. The fraction of sp³-hybridized carbons (Fsp3) is 0.667. The first kappa shape index (κ1) is 20.1. The Kier molecular flexibility index (Phi) is 9.09. The minimum absolute atomic E-state index is 0.116. The molecule has 0 aromatic carbocycles. The van der Waals surface area contributed by atoms with Crippen LogP contribution in [0, 0.1) is 0 Å². The van der Waals surface area contributed by atoms with Crippen LogP contribution in [-0.2, 0) is 19.1 Å². The van der Waals surface area contributed by atoms with E-state index >= 15 is 0 Å². The van der Waals surface area contributed by atoms with E-state index in [2.05, 4.69) is 0 Å². The molecule has 22 heavy (non-hydrogen) atoms. The van der Waals surface area contributed by atoms with Gasteiger partial charge in [-0.3, -0.25) is 9.28 Å². The summed E-state index contributed by atoms with van der Waals surface area (Å²) in [5.74, 6) is -2.54. The van der Waals surface area contributed by atoms with Gasteiger partial charge >= 0.3 is 11.9 Å². The third kappa shape index (κ3) is 10.8. The third-order valence-electron chi connectivity index (χ3n) is 2.98. The van der Waals surface area contributed by atoms with Crippen molar-refractivity contribution in [2.24, 2.45) is 0 Å². The molecule has 0 spiro atoms. The summed E-state index contributed by atoms with van der Waals surface area (Å²) in [6.45, 7) is 0. The molecule has 0 aliphatic carbocycles. The van der Waals surface area contributed by atoms with Crippen LogP contribution in [0.3, 0.4) is 0 Å². The van der Waals surface area contributed by atoms with E-state index in [1.165, 1.54) is 6.08 Å². The molecule has 0 saturated carbocycles. The number of hydrogen-bond acceptors (Lipinski definition) is 5. The van der Waals surface area contributed by atoms with E-state index in [1.54, 1.807) is 6.08 Å². The molecule has 1 N–H and O–H groups in total. The summed E-state index contributed by atoms with van der Waals surface area (Å²) in [4.78, 5) is 32.6. The number of hydrogen-bond donors (Lipinski definition) is 1. The fourth-order valence-corrected chi connectivity index (χ4v) is 1.74. The molecule has 7 heteroatoms. The third-order valence-corrected chi connectivity index (χ3v) is 2.98. The number of allylic oxidation sites excluding steroid dienone is 1. The summed E-state index contributed by atoms with van der Waals surface area (Å²) in [6, 6.07) is 0. The van der Waals surface area contributed by atoms with Crippen molar-refractivity contribution in [2.45, 2.75) is 44.8 Å². The standard InChI is InChI=1S/C15H25NO6/c1-16(2,3)12(10-11-14(19)20)22-15(21)9-7-5-4-6-8-13(17)18/h7,9,12H,4-6,8,10-11H2,1-3H3,(H-,17,18,19,20)/b9-7+. The second-order valence-electron chi connectivity index (χ2n) is 5.96. The summed E-state index contributed by atoms with van der Waals surface area (Å²) in [5, 5.41) is 19.0. The van der Waals surface area contributed by atoms with Gasteiger partial charge in [0.2, 0.25) is 6.23 Å². The van der Waals surface area contributed by atoms with Crippen LogP contribution in [0.2, 0.25) is 0 Å². The van der Waals surface area contributed by atoms with Crippen LogP contribution in [0.25, 0.3) is 0 Å². The zero-order valence-corrected chi connectivity index (χ0v) is 13.4. The number of unbranched alkanes of at least 4 members (excludes halogenated alkanes) is 2. The minimum Gasteiger partial charge on any atom is -0.550 e. The summed E-state index contributed by atoms with van der Waals surface area (Å²) in [6.07, 6.45) is 4.32. The molecule has 7 nitrogen and oxygen atoms in total. The number of carboxylic acid groups (broad SMARTS) is 2. The van der Waals surface area contributed by atoms with Crippen LogP contribution in [0.15, 0.2) is 12.2 Å². The van der Waals surface area contributed by atoms with Gasteiger partial charge in [0.1, 0.15) is 0 Å². The number of carbonyl (C=O) groups is 3. The van der Waals surface area contributed by atoms with E-state index in [0.29, 0.717) is 23.7 Å². The Hall–Kier alpha value is -1.89. The molecule has 0 heterocycles. The van der Waals surface area contributed by atoms with Crippen molar-refractivity contribution in [2.75, 3.05) is 21.1 Å². The molecule has 0 amide bonds. The van der Waals surface area contributed by atoms with Crippen molar-refractivity contribution in [3.05, 3.63) is 12.2 Å². The van der Waals surface area contributed by atoms with Gasteiger partial charge in [-0.2, -0.15) is 0 Å². The van der Waals surface area contributed by atoms with E-state index in [0.717, 1.165) is 0 Å². The monoisotopic (exact) mass is 315 g/mol. The molecule has 0 saturated heterocycles. The highest BCUT2D eigenvalue weighted by Gasteiger charge is 2.26. The lowest BCUT2D eigenvalue weighted by atomic mass is 10.2. The maximum Gasteiger partial charge on any atom is 0.334 e. The SMILES string of the molecule is C[N+](C)(C)C(CCC(=O)[O-])OC(=O)/C=C/CCCCC(=O)O. The average molecular weight is 315 g/mol.